The Labute approximate surface area is 218 Å². The molecule has 0 bridgehead atoms. The summed E-state index contributed by atoms with van der Waals surface area (Å²) >= 11 is 0. The van der Waals surface area contributed by atoms with Crippen LogP contribution in [0.3, 0.4) is 0 Å². The second-order valence-electron chi connectivity index (χ2n) is 11.2. The molecule has 2 unspecified atom stereocenters. The van der Waals surface area contributed by atoms with E-state index < -0.39 is 36.5 Å². The van der Waals surface area contributed by atoms with Gasteiger partial charge in [0, 0.05) is 25.3 Å². The van der Waals surface area contributed by atoms with Gasteiger partial charge < -0.3 is 29.2 Å². The molecule has 0 saturated carbocycles. The van der Waals surface area contributed by atoms with E-state index in [4.69, 9.17) is 18.9 Å². The van der Waals surface area contributed by atoms with Crippen molar-refractivity contribution in [2.24, 2.45) is 5.92 Å². The third-order valence-electron chi connectivity index (χ3n) is 8.05. The van der Waals surface area contributed by atoms with E-state index in [0.717, 1.165) is 30.4 Å². The number of benzene rings is 1. The van der Waals surface area contributed by atoms with Crippen LogP contribution >= 0.6 is 0 Å². The maximum atomic E-state index is 11.7. The Kier molecular flexibility index (Phi) is 7.91. The molecule has 1 aromatic carbocycles. The summed E-state index contributed by atoms with van der Waals surface area (Å²) in [4.78, 5) is 23.3. The number of rotatable bonds is 5. The average Bonchev–Trinajstić information content (AvgIpc) is 2.78. The fourth-order valence-corrected chi connectivity index (χ4v) is 6.57. The van der Waals surface area contributed by atoms with Gasteiger partial charge in [0.15, 0.2) is 29.8 Å². The zero-order chi connectivity index (χ0) is 27.2. The lowest BCUT2D eigenvalue weighted by molar-refractivity contribution is -0.254. The zero-order valence-corrected chi connectivity index (χ0v) is 22.9. The van der Waals surface area contributed by atoms with Crippen molar-refractivity contribution in [2.45, 2.75) is 110 Å². The van der Waals surface area contributed by atoms with Gasteiger partial charge in [-0.25, -0.2) is 0 Å². The Morgan fingerprint density at radius 1 is 1.00 bits per heavy atom. The number of esters is 2. The number of aliphatic hydroxyl groups is 1. The molecule has 1 heterocycles. The zero-order valence-electron chi connectivity index (χ0n) is 22.9. The Bertz CT molecular complexity index is 1090. The third-order valence-corrected chi connectivity index (χ3v) is 8.05. The number of phenolic OH excluding ortho intramolecular Hbond substituents is 1. The Morgan fingerprint density at radius 3 is 2.30 bits per heavy atom. The number of carbonyl (C=O) groups excluding carboxylic acids is 2. The van der Waals surface area contributed by atoms with E-state index >= 15 is 0 Å². The predicted molar refractivity (Wildman–Crippen MR) is 137 cm³/mol. The molecular formula is C29H40O8. The smallest absolute Gasteiger partial charge is 0.303 e. The van der Waals surface area contributed by atoms with Crippen molar-refractivity contribution in [2.75, 3.05) is 6.61 Å². The summed E-state index contributed by atoms with van der Waals surface area (Å²) in [5.41, 5.74) is 5.42. The summed E-state index contributed by atoms with van der Waals surface area (Å²) in [7, 11) is 0. The van der Waals surface area contributed by atoms with Crippen molar-refractivity contribution in [1.82, 2.24) is 0 Å². The van der Waals surface area contributed by atoms with Crippen molar-refractivity contribution in [3.8, 4) is 11.5 Å². The summed E-state index contributed by atoms with van der Waals surface area (Å²) in [6.07, 6.45) is 0.573. The van der Waals surface area contributed by atoms with Gasteiger partial charge in [0.1, 0.15) is 0 Å². The Hall–Kier alpha value is -2.58. The van der Waals surface area contributed by atoms with Crippen LogP contribution in [0.2, 0.25) is 0 Å². The number of hydrogen-bond acceptors (Lipinski definition) is 8. The first kappa shape index (κ1) is 27.5. The summed E-state index contributed by atoms with van der Waals surface area (Å²) in [6, 6.07) is 0. The van der Waals surface area contributed by atoms with Gasteiger partial charge in [0.25, 0.3) is 0 Å². The van der Waals surface area contributed by atoms with E-state index in [2.05, 4.69) is 33.8 Å². The van der Waals surface area contributed by atoms with Gasteiger partial charge in [-0.05, 0) is 74.5 Å². The molecule has 0 aromatic heterocycles. The van der Waals surface area contributed by atoms with Crippen LogP contribution in [-0.2, 0) is 23.8 Å². The van der Waals surface area contributed by atoms with Gasteiger partial charge in [-0.2, -0.15) is 0 Å². The highest BCUT2D eigenvalue weighted by Crippen LogP contribution is 2.58. The maximum Gasteiger partial charge on any atom is 0.303 e. The Morgan fingerprint density at radius 2 is 1.68 bits per heavy atom. The van der Waals surface area contributed by atoms with Crippen LogP contribution in [0, 0.1) is 12.8 Å². The lowest BCUT2D eigenvalue weighted by Gasteiger charge is -2.44. The second kappa shape index (κ2) is 10.7. The quantitative estimate of drug-likeness (QED) is 0.427. The van der Waals surface area contributed by atoms with Gasteiger partial charge in [-0.15, -0.1) is 0 Å². The molecule has 1 fully saturated rings. The average molecular weight is 517 g/mol. The van der Waals surface area contributed by atoms with Crippen molar-refractivity contribution in [1.29, 1.82) is 0 Å². The highest BCUT2D eigenvalue weighted by Gasteiger charge is 2.47. The number of hydrogen-bond donors (Lipinski definition) is 2. The van der Waals surface area contributed by atoms with Crippen molar-refractivity contribution in [3.05, 3.63) is 33.9 Å². The molecule has 2 N–H and O–H groups in total. The molecule has 3 aliphatic rings. The van der Waals surface area contributed by atoms with Gasteiger partial charge in [-0.1, -0.05) is 25.5 Å². The van der Waals surface area contributed by atoms with E-state index in [1.165, 1.54) is 30.5 Å². The van der Waals surface area contributed by atoms with Crippen LogP contribution in [0.25, 0.3) is 0 Å². The minimum absolute atomic E-state index is 0.0837. The summed E-state index contributed by atoms with van der Waals surface area (Å²) < 4.78 is 22.5. The first-order valence-electron chi connectivity index (χ1n) is 13.3. The molecular weight excluding hydrogens is 476 g/mol. The maximum absolute atomic E-state index is 11.7. The lowest BCUT2D eigenvalue weighted by atomic mass is 9.62. The van der Waals surface area contributed by atoms with Crippen molar-refractivity contribution < 1.29 is 38.7 Å². The van der Waals surface area contributed by atoms with Crippen LogP contribution in [0.5, 0.6) is 11.5 Å². The molecule has 37 heavy (non-hydrogen) atoms. The number of aliphatic hydroxyl groups excluding tert-OH is 1. The molecule has 1 aliphatic heterocycles. The summed E-state index contributed by atoms with van der Waals surface area (Å²) in [5.74, 6) is 0.384. The molecule has 8 atom stereocenters. The minimum Gasteiger partial charge on any atom is -0.504 e. The third kappa shape index (κ3) is 5.23. The number of carbonyl (C=O) groups is 2. The molecule has 204 valence electrons. The first-order chi connectivity index (χ1) is 17.4. The summed E-state index contributed by atoms with van der Waals surface area (Å²) in [5, 5.41) is 22.6. The van der Waals surface area contributed by atoms with Gasteiger partial charge in [-0.3, -0.25) is 9.59 Å². The van der Waals surface area contributed by atoms with E-state index in [-0.39, 0.29) is 29.9 Å². The monoisotopic (exact) mass is 516 g/mol. The molecule has 8 nitrogen and oxygen atoms in total. The number of ether oxygens (including phenoxy) is 4. The number of aromatic hydroxyl groups is 1. The van der Waals surface area contributed by atoms with Gasteiger partial charge in [0.2, 0.25) is 6.29 Å². The molecule has 0 spiro atoms. The highest BCUT2D eigenvalue weighted by molar-refractivity contribution is 5.67. The molecule has 1 aromatic rings. The first-order valence-corrected chi connectivity index (χ1v) is 13.3. The number of phenols is 1. The van der Waals surface area contributed by atoms with Crippen molar-refractivity contribution >= 4 is 11.9 Å². The largest absolute Gasteiger partial charge is 0.504 e. The molecule has 0 amide bonds. The molecule has 4 rings (SSSR count). The molecule has 2 aliphatic carbocycles. The second-order valence-corrected chi connectivity index (χ2v) is 11.2. The normalized spacial score (nSPS) is 32.6. The van der Waals surface area contributed by atoms with Crippen LogP contribution in [0.15, 0.2) is 11.6 Å². The lowest BCUT2D eigenvalue weighted by Crippen LogP contribution is -2.57. The van der Waals surface area contributed by atoms with Gasteiger partial charge in [0.05, 0.1) is 6.61 Å². The van der Waals surface area contributed by atoms with E-state index in [9.17, 15) is 19.8 Å². The van der Waals surface area contributed by atoms with Crippen LogP contribution < -0.4 is 4.74 Å². The van der Waals surface area contributed by atoms with Crippen LogP contribution in [-0.4, -0.2) is 53.4 Å². The van der Waals surface area contributed by atoms with E-state index in [1.54, 1.807) is 0 Å². The molecule has 8 heteroatoms. The predicted octanol–water partition coefficient (Wildman–Crippen LogP) is 4.73. The van der Waals surface area contributed by atoms with E-state index in [1.807, 2.05) is 6.92 Å². The molecule has 1 saturated heterocycles. The van der Waals surface area contributed by atoms with E-state index in [0.29, 0.717) is 11.8 Å². The SMILES string of the molecule is CC(=O)OC1C(O)[C@@H](Oc2c(C)c3c4c(c2O)[C@@H](C)CC[C@@H]4[C@@H](C)C[C@@H]3C=C(C)C)OC[C@@H]1OC(C)=O. The minimum atomic E-state index is -1.44. The van der Waals surface area contributed by atoms with Crippen molar-refractivity contribution in [3.63, 3.8) is 0 Å². The van der Waals surface area contributed by atoms with Crippen LogP contribution in [0.1, 0.15) is 101 Å². The standard InChI is InChI=1S/C29H40O8/c1-13(2)10-19-11-15(4)20-9-8-14(3)22-24(20)23(19)16(5)27(25(22)32)37-29-26(33)28(36-18(7)31)21(12-34-29)35-17(6)30/h10,14-15,19-21,26,28-29,32-33H,8-9,11-12H2,1-7H3/t14-,15-,19-,20+,21-,26?,28?,29+/m0/s1. The summed E-state index contributed by atoms with van der Waals surface area (Å²) in [6.45, 7) is 12.9. The molecule has 0 radical (unpaired) electrons. The fourth-order valence-electron chi connectivity index (χ4n) is 6.57. The Balaban J connectivity index is 1.77. The fraction of sp³-hybridized carbons (Fsp3) is 0.655. The van der Waals surface area contributed by atoms with Crippen LogP contribution in [0.4, 0.5) is 0 Å². The highest BCUT2D eigenvalue weighted by atomic mass is 16.7. The number of allylic oxidation sites excluding steroid dienone is 2. The van der Waals surface area contributed by atoms with Gasteiger partial charge >= 0.3 is 11.9 Å². The topological polar surface area (TPSA) is 112 Å².